The highest BCUT2D eigenvalue weighted by Crippen LogP contribution is 2.42. The van der Waals surface area contributed by atoms with Crippen LogP contribution < -0.4 is 46.6 Å². The van der Waals surface area contributed by atoms with Gasteiger partial charge in [-0.1, -0.05) is 40.2 Å². The maximum atomic E-state index is 14.0. The van der Waals surface area contributed by atoms with Gasteiger partial charge in [-0.05, 0) is 100 Å². The summed E-state index contributed by atoms with van der Waals surface area (Å²) in [5.74, 6) is 0.940. The average molecular weight is 1020 g/mol. The molecule has 13 heteroatoms. The number of nitrogens with one attached hydrogen (secondary N) is 1. The lowest BCUT2D eigenvalue weighted by Crippen LogP contribution is -3.00. The van der Waals surface area contributed by atoms with Gasteiger partial charge in [-0.2, -0.15) is 0 Å². The van der Waals surface area contributed by atoms with Crippen LogP contribution in [0.2, 0.25) is 0 Å². The third kappa shape index (κ3) is 10.4. The van der Waals surface area contributed by atoms with Gasteiger partial charge in [0.2, 0.25) is 5.36 Å². The zero-order chi connectivity index (χ0) is 45.3. The molecular weight excluding hydrogens is 962 g/mol. The van der Waals surface area contributed by atoms with Gasteiger partial charge in [0.15, 0.2) is 0 Å². The van der Waals surface area contributed by atoms with Gasteiger partial charge >= 0.3 is 5.97 Å². The minimum absolute atomic E-state index is 0. The lowest BCUT2D eigenvalue weighted by molar-refractivity contribution is -0.0000409. The summed E-state index contributed by atoms with van der Waals surface area (Å²) in [5, 5.41) is 7.49. The van der Waals surface area contributed by atoms with Crippen LogP contribution in [0.4, 0.5) is 11.4 Å². The summed E-state index contributed by atoms with van der Waals surface area (Å²) in [7, 11) is 0. The molecule has 11 nitrogen and oxygen atoms in total. The number of aromatic nitrogens is 2. The lowest BCUT2D eigenvalue weighted by Gasteiger charge is -2.22. The van der Waals surface area contributed by atoms with Crippen LogP contribution in [-0.2, 0) is 4.74 Å². The van der Waals surface area contributed by atoms with Crippen LogP contribution in [0.25, 0.3) is 55.2 Å². The van der Waals surface area contributed by atoms with Gasteiger partial charge < -0.3 is 45.8 Å². The highest BCUT2D eigenvalue weighted by molar-refractivity contribution is 9.09. The molecule has 2 aromatic heterocycles. The fraction of sp³-hybridized carbons (Fsp3) is 0.264. The number of hydrogen-bond acceptors (Lipinski definition) is 9. The Morgan fingerprint density at radius 3 is 2.20 bits per heavy atom. The van der Waals surface area contributed by atoms with Gasteiger partial charge in [-0.3, -0.25) is 14.8 Å². The molecule has 0 saturated heterocycles. The van der Waals surface area contributed by atoms with Crippen LogP contribution >= 0.6 is 15.9 Å². The molecule has 0 fully saturated rings. The van der Waals surface area contributed by atoms with E-state index in [-0.39, 0.29) is 36.1 Å². The molecule has 0 spiro atoms. The molecule has 4 aromatic carbocycles. The molecule has 0 bridgehead atoms. The maximum Gasteiger partial charge on any atom is 0.338 e. The number of alkyl halides is 1. The van der Waals surface area contributed by atoms with Crippen molar-refractivity contribution < 1.29 is 45.2 Å². The lowest BCUT2D eigenvalue weighted by atomic mass is 9.90. The summed E-state index contributed by atoms with van der Waals surface area (Å²) in [6.07, 6.45) is 4.64. The number of carbonyl (C=O) groups excluding carboxylic acids is 2. The van der Waals surface area contributed by atoms with Crippen LogP contribution in [0, 0.1) is 0 Å². The van der Waals surface area contributed by atoms with Gasteiger partial charge in [0.05, 0.1) is 48.2 Å². The zero-order valence-corrected chi connectivity index (χ0v) is 40.8. The van der Waals surface area contributed by atoms with Crippen LogP contribution in [0.3, 0.4) is 0 Å². The Kier molecular flexibility index (Phi) is 16.1. The van der Waals surface area contributed by atoms with Crippen LogP contribution in [0.1, 0.15) is 61.3 Å². The van der Waals surface area contributed by atoms with E-state index in [0.29, 0.717) is 46.9 Å². The predicted octanol–water partition coefficient (Wildman–Crippen LogP) is 8.01. The number of esters is 1. The molecule has 0 unspecified atom stereocenters. The number of pyridine rings is 2. The van der Waals surface area contributed by atoms with Crippen molar-refractivity contribution in [2.75, 3.05) is 61.5 Å². The molecule has 1 aliphatic heterocycles. The summed E-state index contributed by atoms with van der Waals surface area (Å²) in [6, 6.07) is 34.8. The molecule has 0 saturated carbocycles. The third-order valence-electron chi connectivity index (χ3n) is 11.6. The quantitative estimate of drug-likeness (QED) is 0.0228. The number of carbonyl (C=O) groups is 2. The molecule has 1 aliphatic carbocycles. The molecule has 0 atom stereocenters. The van der Waals surface area contributed by atoms with Gasteiger partial charge in [-0.25, -0.2) is 9.37 Å². The van der Waals surface area contributed by atoms with Crippen molar-refractivity contribution in [3.05, 3.63) is 138 Å². The SMILES string of the molecule is CCN(CC)c1ccc2c(-c3ccccc3C(=O)OCCCOc3cc(OCCCBr)cc(C(=O)Nc4cc5cccnc5c5ncccc45)c3)c3ccc(=[N+](CC)CC)cc-3oc2c1.[Br-]. The normalized spacial score (nSPS) is 11.1. The number of benzene rings is 5. The summed E-state index contributed by atoms with van der Waals surface area (Å²) in [5.41, 5.74) is 7.30. The summed E-state index contributed by atoms with van der Waals surface area (Å²) in [6.45, 7) is 12.8. The van der Waals surface area contributed by atoms with Gasteiger partial charge in [-0.15, -0.1) is 0 Å². The van der Waals surface area contributed by atoms with Gasteiger partial charge in [0.25, 0.3) is 5.91 Å². The average Bonchev–Trinajstić information content (AvgIpc) is 3.34. The Labute approximate surface area is 403 Å². The minimum atomic E-state index is -0.435. The Bertz CT molecular complexity index is 3040. The van der Waals surface area contributed by atoms with Crippen molar-refractivity contribution >= 4 is 72.0 Å². The largest absolute Gasteiger partial charge is 1.00 e. The molecule has 1 amide bonds. The van der Waals surface area contributed by atoms with E-state index < -0.39 is 5.97 Å². The minimum Gasteiger partial charge on any atom is -1.00 e. The van der Waals surface area contributed by atoms with Crippen molar-refractivity contribution in [1.29, 1.82) is 0 Å². The molecule has 340 valence electrons. The molecule has 8 rings (SSSR count). The maximum absolute atomic E-state index is 14.0. The van der Waals surface area contributed by atoms with Crippen molar-refractivity contribution in [1.82, 2.24) is 14.5 Å². The van der Waals surface area contributed by atoms with Crippen LogP contribution in [0.15, 0.2) is 126 Å². The molecule has 3 heterocycles. The Morgan fingerprint density at radius 2 is 1.45 bits per heavy atom. The monoisotopic (exact) mass is 1010 g/mol. The highest BCUT2D eigenvalue weighted by Gasteiger charge is 2.24. The van der Waals surface area contributed by atoms with Crippen molar-refractivity contribution in [2.24, 2.45) is 0 Å². The van der Waals surface area contributed by atoms with Crippen LogP contribution in [0.5, 0.6) is 11.5 Å². The van der Waals surface area contributed by atoms with E-state index in [4.69, 9.17) is 18.6 Å². The number of fused-ring (bicyclic) bond motifs is 5. The van der Waals surface area contributed by atoms with Gasteiger partial charge in [0.1, 0.15) is 35.9 Å². The highest BCUT2D eigenvalue weighted by atomic mass is 79.9. The fourth-order valence-electron chi connectivity index (χ4n) is 8.29. The van der Waals surface area contributed by atoms with E-state index in [1.807, 2.05) is 54.6 Å². The second kappa shape index (κ2) is 22.3. The summed E-state index contributed by atoms with van der Waals surface area (Å²) >= 11 is 3.46. The van der Waals surface area contributed by atoms with Gasteiger partial charge in [0, 0.05) is 94.0 Å². The second-order valence-electron chi connectivity index (χ2n) is 15.5. The molecule has 66 heavy (non-hydrogen) atoms. The number of nitrogens with zero attached hydrogens (tertiary/aromatic N) is 4. The Hall–Kier alpha value is -6.31. The number of hydrogen-bond donors (Lipinski definition) is 1. The van der Waals surface area contributed by atoms with E-state index in [9.17, 15) is 9.59 Å². The molecule has 2 aliphatic rings. The smallest absolute Gasteiger partial charge is 0.338 e. The zero-order valence-electron chi connectivity index (χ0n) is 37.6. The first kappa shape index (κ1) is 47.6. The Balaban J connectivity index is 0.00000648. The summed E-state index contributed by atoms with van der Waals surface area (Å²) in [4.78, 5) is 39.3. The number of amides is 1. The third-order valence-corrected chi connectivity index (χ3v) is 12.1. The van der Waals surface area contributed by atoms with E-state index in [2.05, 4.69) is 105 Å². The number of halogens is 2. The number of rotatable bonds is 18. The van der Waals surface area contributed by atoms with E-state index in [0.717, 1.165) is 98.7 Å². The van der Waals surface area contributed by atoms with Crippen molar-refractivity contribution in [2.45, 2.75) is 40.5 Å². The van der Waals surface area contributed by atoms with Crippen molar-refractivity contribution in [3.63, 3.8) is 0 Å². The Morgan fingerprint density at radius 1 is 0.727 bits per heavy atom. The first-order chi connectivity index (χ1) is 31.8. The predicted molar refractivity (Wildman–Crippen MR) is 264 cm³/mol. The number of ether oxygens (including phenoxy) is 3. The van der Waals surface area contributed by atoms with E-state index in [1.165, 1.54) is 0 Å². The first-order valence-electron chi connectivity index (χ1n) is 22.3. The number of anilines is 2. The van der Waals surface area contributed by atoms with E-state index >= 15 is 0 Å². The molecular formula is C53H53Br2N5O6. The topological polar surface area (TPSA) is 119 Å². The van der Waals surface area contributed by atoms with Crippen LogP contribution in [-0.4, -0.2) is 73.2 Å². The summed E-state index contributed by atoms with van der Waals surface area (Å²) < 4.78 is 27.1. The fourth-order valence-corrected chi connectivity index (χ4v) is 8.52. The second-order valence-corrected chi connectivity index (χ2v) is 16.3. The van der Waals surface area contributed by atoms with Crippen molar-refractivity contribution in [3.8, 4) is 33.9 Å². The standard InChI is InChI=1S/C53H52BrN5O6.BrH/c1-5-58(6-2)37-19-21-44-47(32-37)65-48-33-38(59(7-3)8-4)20-22-45(48)49(44)41-16-9-10-17-42(41)53(61)64-28-14-27-63-40-30-36(29-39(34-40)62-26-13-23-54)52(60)57-46-31-35-15-11-24-55-50(35)51-43(46)18-12-25-56-51;/h9-12,15-22,24-25,29-34H,5-8,13-14,23,26-28H2,1-4H3;1H. The van der Waals surface area contributed by atoms with E-state index in [1.54, 1.807) is 30.6 Å². The molecule has 0 radical (unpaired) electrons. The first-order valence-corrected chi connectivity index (χ1v) is 23.5. The molecule has 6 aromatic rings. The molecule has 1 N–H and O–H groups in total.